The molecule has 0 saturated heterocycles. The number of aryl methyl sites for hydroxylation is 1. The molecule has 1 heterocycles. The molecule has 0 aliphatic heterocycles. The molecule has 0 amide bonds. The lowest BCUT2D eigenvalue weighted by atomic mass is 10.1. The Bertz CT molecular complexity index is 392. The SMILES string of the molecule is Cc1c(O)ccc2c[nH+][nH]c12. The van der Waals surface area contributed by atoms with Gasteiger partial charge in [0.2, 0.25) is 6.20 Å². The van der Waals surface area contributed by atoms with Crippen LogP contribution in [0.25, 0.3) is 10.9 Å². The molecule has 2 aromatic rings. The van der Waals surface area contributed by atoms with E-state index in [1.54, 1.807) is 6.07 Å². The van der Waals surface area contributed by atoms with Gasteiger partial charge in [-0.05, 0) is 19.1 Å². The monoisotopic (exact) mass is 149 g/mol. The molecule has 3 nitrogen and oxygen atoms in total. The zero-order valence-electron chi connectivity index (χ0n) is 6.18. The molecule has 0 atom stereocenters. The fourth-order valence-corrected chi connectivity index (χ4v) is 1.19. The zero-order valence-corrected chi connectivity index (χ0v) is 6.18. The van der Waals surface area contributed by atoms with Gasteiger partial charge in [0.1, 0.15) is 11.3 Å². The zero-order chi connectivity index (χ0) is 7.84. The molecular formula is C8H9N2O+. The molecular weight excluding hydrogens is 140 g/mol. The number of benzene rings is 1. The Kier molecular flexibility index (Phi) is 1.12. The molecule has 0 unspecified atom stereocenters. The van der Waals surface area contributed by atoms with Gasteiger partial charge in [0.25, 0.3) is 0 Å². The van der Waals surface area contributed by atoms with Gasteiger partial charge < -0.3 is 5.11 Å². The number of H-pyrrole nitrogens is 2. The highest BCUT2D eigenvalue weighted by Crippen LogP contribution is 2.22. The van der Waals surface area contributed by atoms with Gasteiger partial charge in [-0.15, -0.1) is 5.10 Å². The maximum absolute atomic E-state index is 9.30. The first-order valence-corrected chi connectivity index (χ1v) is 3.46. The summed E-state index contributed by atoms with van der Waals surface area (Å²) in [5.41, 5.74) is 1.84. The van der Waals surface area contributed by atoms with Crippen molar-refractivity contribution in [1.82, 2.24) is 5.10 Å². The van der Waals surface area contributed by atoms with Gasteiger partial charge >= 0.3 is 0 Å². The van der Waals surface area contributed by atoms with E-state index in [0.717, 1.165) is 16.5 Å². The first-order chi connectivity index (χ1) is 5.29. The first-order valence-electron chi connectivity index (χ1n) is 3.46. The molecule has 0 fully saturated rings. The summed E-state index contributed by atoms with van der Waals surface area (Å²) in [6.45, 7) is 1.88. The third kappa shape index (κ3) is 0.774. The predicted molar refractivity (Wildman–Crippen MR) is 41.3 cm³/mol. The van der Waals surface area contributed by atoms with Crippen molar-refractivity contribution in [2.45, 2.75) is 6.92 Å². The third-order valence-corrected chi connectivity index (χ3v) is 1.89. The molecule has 0 spiro atoms. The van der Waals surface area contributed by atoms with Crippen LogP contribution in [0.3, 0.4) is 0 Å². The van der Waals surface area contributed by atoms with Crippen LogP contribution in [0.15, 0.2) is 18.3 Å². The van der Waals surface area contributed by atoms with E-state index in [4.69, 9.17) is 0 Å². The topological polar surface area (TPSA) is 50.2 Å². The maximum Gasteiger partial charge on any atom is 0.200 e. The molecule has 3 N–H and O–H groups in total. The summed E-state index contributed by atoms with van der Waals surface area (Å²) in [5.74, 6) is 0.327. The summed E-state index contributed by atoms with van der Waals surface area (Å²) in [7, 11) is 0. The standard InChI is InChI=1S/C8H8N2O/c1-5-7(11)3-2-6-4-9-10-8(5)6/h2-4,11H,1H3,(H,9,10)/p+1. The Morgan fingerprint density at radius 2 is 2.27 bits per heavy atom. The van der Waals surface area contributed by atoms with Crippen LogP contribution in [0, 0.1) is 6.92 Å². The highest BCUT2D eigenvalue weighted by Gasteiger charge is 2.05. The van der Waals surface area contributed by atoms with Gasteiger partial charge in [0, 0.05) is 5.56 Å². The normalized spacial score (nSPS) is 10.6. The van der Waals surface area contributed by atoms with Gasteiger partial charge in [-0.25, -0.2) is 0 Å². The molecule has 0 aliphatic rings. The minimum atomic E-state index is 0.327. The molecule has 56 valence electrons. The van der Waals surface area contributed by atoms with Crippen molar-refractivity contribution in [3.63, 3.8) is 0 Å². The van der Waals surface area contributed by atoms with Crippen molar-refractivity contribution in [3.05, 3.63) is 23.9 Å². The summed E-state index contributed by atoms with van der Waals surface area (Å²) >= 11 is 0. The predicted octanol–water partition coefficient (Wildman–Crippen LogP) is 0.996. The molecule has 0 radical (unpaired) electrons. The van der Waals surface area contributed by atoms with Crippen LogP contribution in [-0.4, -0.2) is 10.2 Å². The lowest BCUT2D eigenvalue weighted by Gasteiger charge is -1.95. The van der Waals surface area contributed by atoms with E-state index < -0.39 is 0 Å². The second kappa shape index (κ2) is 1.99. The molecule has 11 heavy (non-hydrogen) atoms. The summed E-state index contributed by atoms with van der Waals surface area (Å²) in [6.07, 6.45) is 1.86. The van der Waals surface area contributed by atoms with Crippen LogP contribution in [0.2, 0.25) is 0 Å². The minimum Gasteiger partial charge on any atom is -0.508 e. The second-order valence-electron chi connectivity index (χ2n) is 2.59. The Balaban J connectivity index is 2.93. The summed E-state index contributed by atoms with van der Waals surface area (Å²) in [6, 6.07) is 3.56. The van der Waals surface area contributed by atoms with Crippen molar-refractivity contribution < 1.29 is 10.2 Å². The van der Waals surface area contributed by atoms with E-state index >= 15 is 0 Å². The Hall–Kier alpha value is -1.51. The van der Waals surface area contributed by atoms with E-state index in [1.807, 2.05) is 19.2 Å². The lowest BCUT2D eigenvalue weighted by Crippen LogP contribution is -1.97. The molecule has 3 heteroatoms. The van der Waals surface area contributed by atoms with Gasteiger partial charge in [0.05, 0.1) is 5.39 Å². The Labute approximate surface area is 63.7 Å². The van der Waals surface area contributed by atoms with Crippen molar-refractivity contribution in [3.8, 4) is 5.75 Å². The van der Waals surface area contributed by atoms with E-state index in [1.165, 1.54) is 0 Å². The molecule has 1 aromatic carbocycles. The van der Waals surface area contributed by atoms with Crippen molar-refractivity contribution in [1.29, 1.82) is 0 Å². The van der Waals surface area contributed by atoms with Crippen LogP contribution in [-0.2, 0) is 0 Å². The summed E-state index contributed by atoms with van der Waals surface area (Å²) in [4.78, 5) is 0. The van der Waals surface area contributed by atoms with Gasteiger partial charge in [-0.2, -0.15) is 5.10 Å². The Morgan fingerprint density at radius 3 is 3.09 bits per heavy atom. The number of phenols is 1. The smallest absolute Gasteiger partial charge is 0.200 e. The highest BCUT2D eigenvalue weighted by molar-refractivity contribution is 5.82. The lowest BCUT2D eigenvalue weighted by molar-refractivity contribution is -0.446. The van der Waals surface area contributed by atoms with E-state index in [9.17, 15) is 5.11 Å². The molecule has 0 aliphatic carbocycles. The quantitative estimate of drug-likeness (QED) is 0.576. The van der Waals surface area contributed by atoms with Crippen molar-refractivity contribution in [2.75, 3.05) is 0 Å². The summed E-state index contributed by atoms with van der Waals surface area (Å²) < 4.78 is 0. The highest BCUT2D eigenvalue weighted by atomic mass is 16.3. The molecule has 0 saturated carbocycles. The number of fused-ring (bicyclic) bond motifs is 1. The first kappa shape index (κ1) is 6.22. The summed E-state index contributed by atoms with van der Waals surface area (Å²) in [5, 5.41) is 16.2. The number of aromatic amines is 2. The van der Waals surface area contributed by atoms with Crippen LogP contribution >= 0.6 is 0 Å². The number of aromatic nitrogens is 2. The van der Waals surface area contributed by atoms with Gasteiger partial charge in [-0.3, -0.25) is 0 Å². The number of rotatable bonds is 0. The molecule has 0 bridgehead atoms. The average Bonchev–Trinajstić information content (AvgIpc) is 2.45. The fraction of sp³-hybridized carbons (Fsp3) is 0.125. The number of aromatic hydroxyl groups is 1. The Morgan fingerprint density at radius 1 is 1.45 bits per heavy atom. The average molecular weight is 149 g/mol. The number of hydrogen-bond donors (Lipinski definition) is 2. The number of hydrogen-bond acceptors (Lipinski definition) is 1. The molecule has 2 rings (SSSR count). The van der Waals surface area contributed by atoms with Crippen LogP contribution in [0.5, 0.6) is 5.75 Å². The fourth-order valence-electron chi connectivity index (χ4n) is 1.19. The van der Waals surface area contributed by atoms with E-state index in [2.05, 4.69) is 10.2 Å². The van der Waals surface area contributed by atoms with Crippen molar-refractivity contribution >= 4 is 10.9 Å². The largest absolute Gasteiger partial charge is 0.508 e. The van der Waals surface area contributed by atoms with Crippen LogP contribution in [0.1, 0.15) is 5.56 Å². The van der Waals surface area contributed by atoms with Crippen molar-refractivity contribution in [2.24, 2.45) is 0 Å². The van der Waals surface area contributed by atoms with E-state index in [-0.39, 0.29) is 0 Å². The van der Waals surface area contributed by atoms with Gasteiger partial charge in [0.15, 0.2) is 0 Å². The number of nitrogens with one attached hydrogen (secondary N) is 2. The van der Waals surface area contributed by atoms with E-state index in [0.29, 0.717) is 5.75 Å². The second-order valence-corrected chi connectivity index (χ2v) is 2.59. The van der Waals surface area contributed by atoms with Crippen LogP contribution < -0.4 is 5.10 Å². The number of phenolic OH excluding ortho intramolecular Hbond substituents is 1. The van der Waals surface area contributed by atoms with Crippen LogP contribution in [0.4, 0.5) is 0 Å². The third-order valence-electron chi connectivity index (χ3n) is 1.89. The molecule has 1 aromatic heterocycles. The van der Waals surface area contributed by atoms with Gasteiger partial charge in [-0.1, -0.05) is 0 Å². The minimum absolute atomic E-state index is 0.327. The maximum atomic E-state index is 9.30.